The third-order valence-corrected chi connectivity index (χ3v) is 4.63. The molecule has 0 bridgehead atoms. The van der Waals surface area contributed by atoms with Gasteiger partial charge in [-0.1, -0.05) is 41.4 Å². The molecule has 0 fully saturated rings. The number of benzene rings is 2. The topological polar surface area (TPSA) is 53.2 Å². The van der Waals surface area contributed by atoms with Crippen LogP contribution in [0.3, 0.4) is 0 Å². The van der Waals surface area contributed by atoms with E-state index in [0.29, 0.717) is 5.69 Å². The van der Waals surface area contributed by atoms with Crippen LogP contribution < -0.4 is 5.56 Å². The molecule has 0 aliphatic rings. The quantitative estimate of drug-likeness (QED) is 0.724. The van der Waals surface area contributed by atoms with Crippen LogP contribution >= 0.6 is 11.6 Å². The van der Waals surface area contributed by atoms with Gasteiger partial charge in [0.15, 0.2) is 0 Å². The average Bonchev–Trinajstić information content (AvgIpc) is 2.64. The van der Waals surface area contributed by atoms with E-state index in [2.05, 4.69) is 4.98 Å². The number of hydrogen-bond acceptors (Lipinski definition) is 2. The number of carbonyl (C=O) groups is 1. The summed E-state index contributed by atoms with van der Waals surface area (Å²) in [5, 5.41) is 0.235. The Balaban J connectivity index is 1.85. The van der Waals surface area contributed by atoms with Gasteiger partial charge in [-0.05, 0) is 42.8 Å². The summed E-state index contributed by atoms with van der Waals surface area (Å²) in [7, 11) is 1.50. The van der Waals surface area contributed by atoms with Crippen LogP contribution in [0.5, 0.6) is 0 Å². The summed E-state index contributed by atoms with van der Waals surface area (Å²) in [5.41, 5.74) is 2.25. The first-order valence-electron chi connectivity index (χ1n) is 8.35. The maximum Gasteiger partial charge on any atom is 0.261 e. The Labute approximate surface area is 161 Å². The maximum absolute atomic E-state index is 13.9. The van der Waals surface area contributed by atoms with E-state index in [1.807, 2.05) is 31.2 Å². The highest BCUT2D eigenvalue weighted by atomic mass is 35.5. The Morgan fingerprint density at radius 2 is 1.89 bits per heavy atom. The zero-order chi connectivity index (χ0) is 19.6. The molecule has 138 valence electrons. The van der Waals surface area contributed by atoms with Crippen molar-refractivity contribution in [1.29, 1.82) is 0 Å². The molecule has 3 aromatic rings. The molecular formula is C21H18ClFN2O2. The Morgan fingerprint density at radius 3 is 2.56 bits per heavy atom. The highest BCUT2D eigenvalue weighted by molar-refractivity contribution is 6.31. The number of aryl methyl sites for hydroxylation is 1. The highest BCUT2D eigenvalue weighted by Gasteiger charge is 2.18. The molecule has 27 heavy (non-hydrogen) atoms. The Hall–Kier alpha value is -2.92. The number of rotatable bonds is 4. The van der Waals surface area contributed by atoms with Crippen LogP contribution in [-0.4, -0.2) is 22.8 Å². The number of pyridine rings is 1. The summed E-state index contributed by atoms with van der Waals surface area (Å²) in [6.45, 7) is 1.92. The molecule has 0 aliphatic carbocycles. The lowest BCUT2D eigenvalue weighted by atomic mass is 10.1. The van der Waals surface area contributed by atoms with Gasteiger partial charge in [0.1, 0.15) is 11.4 Å². The predicted molar refractivity (Wildman–Crippen MR) is 104 cm³/mol. The highest BCUT2D eigenvalue weighted by Crippen LogP contribution is 2.21. The van der Waals surface area contributed by atoms with Crippen molar-refractivity contribution < 1.29 is 9.18 Å². The van der Waals surface area contributed by atoms with Crippen molar-refractivity contribution in [2.24, 2.45) is 0 Å². The van der Waals surface area contributed by atoms with Crippen LogP contribution in [-0.2, 0) is 6.54 Å². The van der Waals surface area contributed by atoms with Crippen molar-refractivity contribution >= 4 is 17.5 Å². The third kappa shape index (κ3) is 4.09. The minimum atomic E-state index is -0.508. The minimum absolute atomic E-state index is 0.0126. The lowest BCUT2D eigenvalue weighted by Gasteiger charge is -2.18. The van der Waals surface area contributed by atoms with Gasteiger partial charge in [-0.15, -0.1) is 0 Å². The molecule has 2 aromatic carbocycles. The molecule has 0 unspecified atom stereocenters. The predicted octanol–water partition coefficient (Wildman–Crippen LogP) is 4.42. The number of nitrogens with one attached hydrogen (secondary N) is 1. The lowest BCUT2D eigenvalue weighted by Crippen LogP contribution is -2.31. The van der Waals surface area contributed by atoms with Gasteiger partial charge in [-0.2, -0.15) is 0 Å². The van der Waals surface area contributed by atoms with Crippen molar-refractivity contribution in [3.8, 4) is 11.3 Å². The molecule has 1 aromatic heterocycles. The summed E-state index contributed by atoms with van der Waals surface area (Å²) in [6, 6.07) is 15.2. The van der Waals surface area contributed by atoms with Crippen molar-refractivity contribution in [1.82, 2.24) is 9.88 Å². The van der Waals surface area contributed by atoms with E-state index in [1.54, 1.807) is 12.1 Å². The van der Waals surface area contributed by atoms with E-state index in [4.69, 9.17) is 11.6 Å². The molecule has 0 radical (unpaired) electrons. The molecule has 1 heterocycles. The monoisotopic (exact) mass is 384 g/mol. The molecule has 4 nitrogen and oxygen atoms in total. The molecule has 0 aliphatic heterocycles. The van der Waals surface area contributed by atoms with Gasteiger partial charge in [0, 0.05) is 29.9 Å². The van der Waals surface area contributed by atoms with E-state index in [1.165, 1.54) is 30.1 Å². The summed E-state index contributed by atoms with van der Waals surface area (Å²) in [6.07, 6.45) is 0. The first-order chi connectivity index (χ1) is 12.9. The number of H-pyrrole nitrogens is 1. The fraction of sp³-hybridized carbons (Fsp3) is 0.143. The average molecular weight is 385 g/mol. The molecule has 0 atom stereocenters. The fourth-order valence-electron chi connectivity index (χ4n) is 2.82. The summed E-state index contributed by atoms with van der Waals surface area (Å²) < 4.78 is 13.9. The van der Waals surface area contributed by atoms with E-state index >= 15 is 0 Å². The van der Waals surface area contributed by atoms with Gasteiger partial charge in [0.25, 0.3) is 11.5 Å². The second-order valence-corrected chi connectivity index (χ2v) is 6.75. The van der Waals surface area contributed by atoms with Gasteiger partial charge in [-0.25, -0.2) is 4.39 Å². The largest absolute Gasteiger partial charge is 0.337 e. The van der Waals surface area contributed by atoms with Crippen molar-refractivity contribution in [2.45, 2.75) is 13.5 Å². The SMILES string of the molecule is Cc1cccc(-c2ccc(C(=O)N(C)Cc3c(F)cccc3Cl)c(=O)[nH]2)c1. The van der Waals surface area contributed by atoms with Gasteiger partial charge in [0.05, 0.1) is 0 Å². The second-order valence-electron chi connectivity index (χ2n) is 6.35. The number of nitrogens with zero attached hydrogens (tertiary/aromatic N) is 1. The minimum Gasteiger partial charge on any atom is -0.337 e. The number of halogens is 2. The van der Waals surface area contributed by atoms with Crippen molar-refractivity contribution in [2.75, 3.05) is 7.05 Å². The van der Waals surface area contributed by atoms with Crippen LogP contribution in [0.4, 0.5) is 4.39 Å². The summed E-state index contributed by atoms with van der Waals surface area (Å²) in [4.78, 5) is 29.1. The molecule has 0 saturated carbocycles. The fourth-order valence-corrected chi connectivity index (χ4v) is 3.04. The normalized spacial score (nSPS) is 10.7. The molecule has 6 heteroatoms. The number of aromatic amines is 1. The van der Waals surface area contributed by atoms with Crippen LogP contribution in [0.25, 0.3) is 11.3 Å². The molecule has 1 amide bonds. The van der Waals surface area contributed by atoms with Gasteiger partial charge < -0.3 is 9.88 Å². The standard InChI is InChI=1S/C21H18ClFN2O2/c1-13-5-3-6-14(11-13)19-10-9-15(20(26)24-19)21(27)25(2)12-16-17(22)7-4-8-18(16)23/h3-11H,12H2,1-2H3,(H,24,26). The van der Waals surface area contributed by atoms with Crippen LogP contribution in [0, 0.1) is 12.7 Å². The lowest BCUT2D eigenvalue weighted by molar-refractivity contribution is 0.0782. The molecule has 0 spiro atoms. The number of aromatic nitrogens is 1. The van der Waals surface area contributed by atoms with E-state index < -0.39 is 17.3 Å². The molecule has 3 rings (SSSR count). The smallest absolute Gasteiger partial charge is 0.261 e. The van der Waals surface area contributed by atoms with E-state index in [-0.39, 0.29) is 22.7 Å². The van der Waals surface area contributed by atoms with Gasteiger partial charge >= 0.3 is 0 Å². The Kier molecular flexibility index (Phi) is 5.42. The molecular weight excluding hydrogens is 367 g/mol. The number of carbonyl (C=O) groups excluding carboxylic acids is 1. The Morgan fingerprint density at radius 1 is 1.15 bits per heavy atom. The van der Waals surface area contributed by atoms with Crippen LogP contribution in [0.2, 0.25) is 5.02 Å². The summed E-state index contributed by atoms with van der Waals surface area (Å²) >= 11 is 6.01. The summed E-state index contributed by atoms with van der Waals surface area (Å²) in [5.74, 6) is -1.00. The van der Waals surface area contributed by atoms with Crippen LogP contribution in [0.15, 0.2) is 59.4 Å². The maximum atomic E-state index is 13.9. The Bertz CT molecular complexity index is 1040. The zero-order valence-corrected chi connectivity index (χ0v) is 15.7. The molecule has 1 N–H and O–H groups in total. The number of hydrogen-bond donors (Lipinski definition) is 1. The zero-order valence-electron chi connectivity index (χ0n) is 14.9. The first-order valence-corrected chi connectivity index (χ1v) is 8.73. The third-order valence-electron chi connectivity index (χ3n) is 4.27. The van der Waals surface area contributed by atoms with Crippen molar-refractivity contribution in [3.63, 3.8) is 0 Å². The molecule has 0 saturated heterocycles. The second kappa shape index (κ2) is 7.76. The van der Waals surface area contributed by atoms with Crippen molar-refractivity contribution in [3.05, 3.63) is 92.5 Å². The van der Waals surface area contributed by atoms with E-state index in [9.17, 15) is 14.0 Å². The van der Waals surface area contributed by atoms with Crippen LogP contribution in [0.1, 0.15) is 21.5 Å². The van der Waals surface area contributed by atoms with Gasteiger partial charge in [0.2, 0.25) is 0 Å². The van der Waals surface area contributed by atoms with E-state index in [0.717, 1.165) is 11.1 Å². The number of amides is 1. The van der Waals surface area contributed by atoms with Gasteiger partial charge in [-0.3, -0.25) is 9.59 Å². The first kappa shape index (κ1) is 18.9.